The van der Waals surface area contributed by atoms with Crippen LogP contribution < -0.4 is 9.64 Å². The Bertz CT molecular complexity index is 2110. The minimum Gasteiger partial charge on any atom is -0.508 e. The van der Waals surface area contributed by atoms with Gasteiger partial charge < -0.3 is 24.5 Å². The number of fused-ring (bicyclic) bond motifs is 2. The van der Waals surface area contributed by atoms with Crippen molar-refractivity contribution in [3.8, 4) is 35.4 Å². The number of anilines is 1. The maximum atomic E-state index is 17.1. The zero-order valence-electron chi connectivity index (χ0n) is 31.0. The number of benzene rings is 2. The second-order valence-electron chi connectivity index (χ2n) is 15.9. The number of amides is 1. The lowest BCUT2D eigenvalue weighted by Gasteiger charge is -2.47. The molecular weight excluding hydrogens is 693 g/mol. The third-order valence-corrected chi connectivity index (χ3v) is 12.0. The van der Waals surface area contributed by atoms with E-state index in [1.807, 2.05) is 0 Å². The van der Waals surface area contributed by atoms with Gasteiger partial charge in [0.05, 0.1) is 17.6 Å². The second-order valence-corrected chi connectivity index (χ2v) is 15.9. The quantitative estimate of drug-likeness (QED) is 0.159. The molecule has 0 radical (unpaired) electrons. The minimum atomic E-state index is -0.785. The number of hydrogen-bond acceptors (Lipinski definition) is 8. The number of piperazine rings is 1. The van der Waals surface area contributed by atoms with Crippen LogP contribution in [-0.4, -0.2) is 93.4 Å². The van der Waals surface area contributed by atoms with Gasteiger partial charge in [0.1, 0.15) is 34.8 Å². The Balaban J connectivity index is 1.20. The number of halogens is 3. The highest BCUT2D eigenvalue weighted by Crippen LogP contribution is 2.47. The van der Waals surface area contributed by atoms with Crippen molar-refractivity contribution in [3.05, 3.63) is 47.7 Å². The molecule has 2 saturated heterocycles. The van der Waals surface area contributed by atoms with Crippen LogP contribution in [0.2, 0.25) is 0 Å². The average Bonchev–Trinajstić information content (AvgIpc) is 4.12. The topological polar surface area (TPSA) is 94.9 Å². The normalized spacial score (nSPS) is 21.8. The molecule has 4 aromatic rings. The molecule has 4 aliphatic rings. The molecule has 2 aliphatic carbocycles. The lowest BCUT2D eigenvalue weighted by Crippen LogP contribution is -2.60. The first-order chi connectivity index (χ1) is 26.1. The Labute approximate surface area is 313 Å². The van der Waals surface area contributed by atoms with E-state index in [4.69, 9.17) is 16.1 Å². The van der Waals surface area contributed by atoms with Crippen molar-refractivity contribution in [3.63, 3.8) is 0 Å². The van der Waals surface area contributed by atoms with E-state index in [2.05, 4.69) is 44.4 Å². The molecule has 12 heteroatoms. The van der Waals surface area contributed by atoms with Crippen LogP contribution in [0.1, 0.15) is 77.2 Å². The Kier molecular flexibility index (Phi) is 9.79. The fourth-order valence-electron chi connectivity index (χ4n) is 8.51. The summed E-state index contributed by atoms with van der Waals surface area (Å²) in [6.07, 6.45) is 13.7. The van der Waals surface area contributed by atoms with Gasteiger partial charge in [0, 0.05) is 73.8 Å². The molecule has 54 heavy (non-hydrogen) atoms. The van der Waals surface area contributed by atoms with Crippen LogP contribution in [0.5, 0.6) is 11.8 Å². The third-order valence-electron chi connectivity index (χ3n) is 12.0. The number of terminal acetylenes is 1. The van der Waals surface area contributed by atoms with Crippen LogP contribution in [0.25, 0.3) is 32.9 Å². The first-order valence-electron chi connectivity index (χ1n) is 19.4. The number of pyridine rings is 1. The molecule has 2 atom stereocenters. The average molecular weight is 741 g/mol. The number of alkyl halides is 1. The summed E-state index contributed by atoms with van der Waals surface area (Å²) >= 11 is 0. The maximum Gasteiger partial charge on any atom is 0.319 e. The number of hydrogen-bond donors (Lipinski definition) is 1. The van der Waals surface area contributed by atoms with Crippen molar-refractivity contribution in [2.75, 3.05) is 44.2 Å². The molecule has 9 nitrogen and oxygen atoms in total. The summed E-state index contributed by atoms with van der Waals surface area (Å²) < 4.78 is 52.4. The first-order valence-corrected chi connectivity index (χ1v) is 19.4. The summed E-state index contributed by atoms with van der Waals surface area (Å²) in [5, 5.41) is 11.7. The van der Waals surface area contributed by atoms with Gasteiger partial charge in [-0.3, -0.25) is 9.78 Å². The lowest BCUT2D eigenvalue weighted by atomic mass is 9.95. The number of ether oxygens (including phenoxy) is 1. The monoisotopic (exact) mass is 740 g/mol. The molecular formula is C42H47F3N6O3. The van der Waals surface area contributed by atoms with E-state index in [1.165, 1.54) is 30.5 Å². The van der Waals surface area contributed by atoms with Gasteiger partial charge in [0.15, 0.2) is 5.82 Å². The van der Waals surface area contributed by atoms with E-state index in [1.54, 1.807) is 0 Å². The van der Waals surface area contributed by atoms with E-state index in [-0.39, 0.29) is 62.9 Å². The molecule has 284 valence electrons. The Morgan fingerprint density at radius 1 is 1.06 bits per heavy atom. The summed E-state index contributed by atoms with van der Waals surface area (Å²) in [6.45, 7) is 7.68. The first kappa shape index (κ1) is 36.4. The van der Waals surface area contributed by atoms with E-state index >= 15 is 4.39 Å². The zero-order chi connectivity index (χ0) is 37.7. The van der Waals surface area contributed by atoms with Crippen molar-refractivity contribution in [2.45, 2.75) is 89.9 Å². The molecule has 0 spiro atoms. The van der Waals surface area contributed by atoms with Crippen molar-refractivity contribution in [1.29, 1.82) is 0 Å². The Morgan fingerprint density at radius 3 is 2.43 bits per heavy atom. The number of phenols is 1. The number of aromatic nitrogens is 3. The summed E-state index contributed by atoms with van der Waals surface area (Å²) in [5.41, 5.74) is -0.225. The van der Waals surface area contributed by atoms with Crippen molar-refractivity contribution in [2.24, 2.45) is 11.3 Å². The highest BCUT2D eigenvalue weighted by atomic mass is 19.1. The van der Waals surface area contributed by atoms with Crippen molar-refractivity contribution in [1.82, 2.24) is 24.8 Å². The predicted octanol–water partition coefficient (Wildman–Crippen LogP) is 7.41. The zero-order valence-corrected chi connectivity index (χ0v) is 31.0. The Morgan fingerprint density at radius 2 is 1.78 bits per heavy atom. The summed E-state index contributed by atoms with van der Waals surface area (Å²) in [6, 6.07) is 5.36. The molecule has 1 amide bonds. The van der Waals surface area contributed by atoms with Crippen molar-refractivity contribution >= 4 is 33.4 Å². The van der Waals surface area contributed by atoms with Gasteiger partial charge in [-0.25, -0.2) is 13.2 Å². The highest BCUT2D eigenvalue weighted by molar-refractivity contribution is 6.03. The molecule has 2 aromatic carbocycles. The summed E-state index contributed by atoms with van der Waals surface area (Å²) in [7, 11) is 0. The van der Waals surface area contributed by atoms with Crippen molar-refractivity contribution < 1.29 is 27.8 Å². The molecule has 8 rings (SSSR count). The molecule has 1 N–H and O–H groups in total. The molecule has 2 aliphatic heterocycles. The van der Waals surface area contributed by atoms with Gasteiger partial charge in [0.25, 0.3) is 0 Å². The number of nitrogens with zero attached hydrogens (tertiary/aromatic N) is 6. The smallest absolute Gasteiger partial charge is 0.319 e. The van der Waals surface area contributed by atoms with E-state index in [0.29, 0.717) is 74.6 Å². The van der Waals surface area contributed by atoms with Crippen LogP contribution in [0.15, 0.2) is 30.5 Å². The van der Waals surface area contributed by atoms with E-state index in [9.17, 15) is 18.7 Å². The molecule has 2 aromatic heterocycles. The van der Waals surface area contributed by atoms with Gasteiger partial charge >= 0.3 is 6.01 Å². The van der Waals surface area contributed by atoms with E-state index in [0.717, 1.165) is 45.1 Å². The number of carbonyl (C=O) groups excluding carboxylic acids is 1. The SMILES string of the molecule is C#Cc1c(F)ccc2cc(O)cc(-c3ncc4c(N5CC(CC)N(C(=O)CC6CC6)C(CC)C5)nc(OCC5(CN6CCC(F)CC6)CC5)nc4c3F)c12. The third kappa shape index (κ3) is 7.03. The van der Waals surface area contributed by atoms with Crippen LogP contribution >= 0.6 is 0 Å². The van der Waals surface area contributed by atoms with Gasteiger partial charge in [-0.05, 0) is 80.9 Å². The van der Waals surface area contributed by atoms with Crippen LogP contribution in [0.3, 0.4) is 0 Å². The van der Waals surface area contributed by atoms with Crippen LogP contribution in [0.4, 0.5) is 19.0 Å². The Hall–Kier alpha value is -4.63. The number of rotatable bonds is 11. The van der Waals surface area contributed by atoms with Gasteiger partial charge in [-0.1, -0.05) is 25.8 Å². The van der Waals surface area contributed by atoms with Gasteiger partial charge in [-0.15, -0.1) is 6.42 Å². The molecule has 0 bridgehead atoms. The number of aromatic hydroxyl groups is 1. The number of phenolic OH excluding ortho intramolecular Hbond substituents is 1. The standard InChI is InChI=1S/C42H47F3N6O3/c1-4-28-21-50(22-29(5-2)51(28)35(53)17-25-7-8-25)40-33-20-46-38(32-19-30(52)18-26-9-10-34(44)31(6-3)36(26)32)37(45)39(33)47-41(48-40)54-24-42(13-14-42)23-49-15-11-27(43)12-16-49/h3,9-10,18-20,25,27-29,52H,4-5,7-8,11-17,21-24H2,1-2H3. The largest absolute Gasteiger partial charge is 0.508 e. The molecule has 2 unspecified atom stereocenters. The van der Waals surface area contributed by atoms with Crippen LogP contribution in [-0.2, 0) is 4.79 Å². The number of piperidine rings is 1. The second kappa shape index (κ2) is 14.5. The highest BCUT2D eigenvalue weighted by Gasteiger charge is 2.46. The summed E-state index contributed by atoms with van der Waals surface area (Å²) in [4.78, 5) is 34.2. The molecule has 4 fully saturated rings. The maximum absolute atomic E-state index is 17.1. The minimum absolute atomic E-state index is 0.0201. The van der Waals surface area contributed by atoms with Gasteiger partial charge in [0.2, 0.25) is 5.91 Å². The summed E-state index contributed by atoms with van der Waals surface area (Å²) in [5.74, 6) is 1.93. The van der Waals surface area contributed by atoms with Gasteiger partial charge in [-0.2, -0.15) is 9.97 Å². The lowest BCUT2D eigenvalue weighted by molar-refractivity contribution is -0.137. The fraction of sp³-hybridized carbons (Fsp3) is 0.524. The molecule has 2 saturated carbocycles. The van der Waals surface area contributed by atoms with E-state index < -0.39 is 17.8 Å². The fourth-order valence-corrected chi connectivity index (χ4v) is 8.51. The van der Waals surface area contributed by atoms with Crippen LogP contribution in [0, 0.1) is 35.3 Å². The molecule has 4 heterocycles. The predicted molar refractivity (Wildman–Crippen MR) is 202 cm³/mol. The number of likely N-dealkylation sites (tertiary alicyclic amines) is 1. The number of carbonyl (C=O) groups is 1.